The average molecular weight is 326 g/mol. The van der Waals surface area contributed by atoms with Gasteiger partial charge in [-0.2, -0.15) is 4.98 Å². The van der Waals surface area contributed by atoms with Crippen LogP contribution in [0, 0.1) is 0 Å². The van der Waals surface area contributed by atoms with Gasteiger partial charge in [-0.05, 0) is 18.9 Å². The van der Waals surface area contributed by atoms with Gasteiger partial charge in [-0.25, -0.2) is 9.78 Å². The number of carbonyl (C=O) groups excluding carboxylic acids is 1. The van der Waals surface area contributed by atoms with Gasteiger partial charge in [0.1, 0.15) is 11.2 Å². The number of nitrogens with zero attached hydrogens (tertiary/aromatic N) is 3. The summed E-state index contributed by atoms with van der Waals surface area (Å²) in [5, 5.41) is 7.95. The Morgan fingerprint density at radius 1 is 1.21 bits per heavy atom. The molecule has 0 spiro atoms. The van der Waals surface area contributed by atoms with E-state index in [0.29, 0.717) is 24.2 Å². The Hall–Kier alpha value is -2.96. The number of benzene rings is 1. The van der Waals surface area contributed by atoms with E-state index in [-0.39, 0.29) is 18.1 Å². The minimum Gasteiger partial charge on any atom is -0.460 e. The smallest absolute Gasteiger partial charge is 0.376 e. The number of fused-ring (bicyclic) bond motifs is 1. The van der Waals surface area contributed by atoms with Crippen molar-refractivity contribution >= 4 is 22.9 Å². The first kappa shape index (κ1) is 15.9. The summed E-state index contributed by atoms with van der Waals surface area (Å²) in [6.07, 6.45) is 0.676. The molecule has 7 nitrogen and oxygen atoms in total. The monoisotopic (exact) mass is 326 g/mol. The Morgan fingerprint density at radius 3 is 2.71 bits per heavy atom. The van der Waals surface area contributed by atoms with Crippen molar-refractivity contribution in [1.29, 1.82) is 0 Å². The van der Waals surface area contributed by atoms with Crippen LogP contribution in [0.5, 0.6) is 0 Å². The molecule has 124 valence electrons. The van der Waals surface area contributed by atoms with Gasteiger partial charge < -0.3 is 14.6 Å². The van der Waals surface area contributed by atoms with Crippen LogP contribution in [0.4, 0.5) is 5.82 Å². The maximum Gasteiger partial charge on any atom is 0.376 e. The largest absolute Gasteiger partial charge is 0.460 e. The summed E-state index contributed by atoms with van der Waals surface area (Å²) in [4.78, 5) is 20.4. The fourth-order valence-electron chi connectivity index (χ4n) is 2.35. The minimum absolute atomic E-state index is 0.0429. The van der Waals surface area contributed by atoms with E-state index in [4.69, 9.17) is 9.26 Å². The standard InChI is InChI=1S/C17H18N4O3/c1-3-12-13-14(18-10-11-8-6-5-7-9-11)19-15(17(22)23-4-2)20-16(13)24-21-12/h5-9H,3-4,10H2,1-2H3,(H,18,19,20). The van der Waals surface area contributed by atoms with E-state index in [1.54, 1.807) is 6.92 Å². The van der Waals surface area contributed by atoms with E-state index in [0.717, 1.165) is 11.3 Å². The lowest BCUT2D eigenvalue weighted by Crippen LogP contribution is -2.12. The van der Waals surface area contributed by atoms with E-state index >= 15 is 0 Å². The fraction of sp³-hybridized carbons (Fsp3) is 0.294. The Kier molecular flexibility index (Phi) is 4.69. The number of aromatic nitrogens is 3. The SMILES string of the molecule is CCOC(=O)c1nc(NCc2ccccc2)c2c(CC)noc2n1. The molecule has 0 saturated carbocycles. The van der Waals surface area contributed by atoms with Crippen LogP contribution in [-0.2, 0) is 17.7 Å². The van der Waals surface area contributed by atoms with Crippen LogP contribution in [-0.4, -0.2) is 27.7 Å². The zero-order chi connectivity index (χ0) is 16.9. The lowest BCUT2D eigenvalue weighted by Gasteiger charge is -2.08. The van der Waals surface area contributed by atoms with Crippen LogP contribution in [0.1, 0.15) is 35.7 Å². The molecule has 0 saturated heterocycles. The number of hydrogen-bond donors (Lipinski definition) is 1. The molecule has 0 atom stereocenters. The third kappa shape index (κ3) is 3.19. The molecule has 3 rings (SSSR count). The van der Waals surface area contributed by atoms with E-state index < -0.39 is 5.97 Å². The summed E-state index contributed by atoms with van der Waals surface area (Å²) in [6.45, 7) is 4.51. The third-order valence-electron chi connectivity index (χ3n) is 3.50. The van der Waals surface area contributed by atoms with Gasteiger partial charge in [0, 0.05) is 6.54 Å². The Bertz CT molecular complexity index is 846. The van der Waals surface area contributed by atoms with E-state index in [1.165, 1.54) is 0 Å². The molecule has 0 unspecified atom stereocenters. The number of nitrogens with one attached hydrogen (secondary N) is 1. The molecular weight excluding hydrogens is 308 g/mol. The second kappa shape index (κ2) is 7.08. The van der Waals surface area contributed by atoms with Crippen molar-refractivity contribution in [2.75, 3.05) is 11.9 Å². The van der Waals surface area contributed by atoms with Crippen LogP contribution in [0.3, 0.4) is 0 Å². The molecule has 0 radical (unpaired) electrons. The first-order valence-electron chi connectivity index (χ1n) is 7.84. The van der Waals surface area contributed by atoms with Gasteiger partial charge in [-0.1, -0.05) is 42.4 Å². The lowest BCUT2D eigenvalue weighted by molar-refractivity contribution is 0.0512. The van der Waals surface area contributed by atoms with Crippen LogP contribution in [0.25, 0.3) is 11.1 Å². The summed E-state index contributed by atoms with van der Waals surface area (Å²) >= 11 is 0. The fourth-order valence-corrected chi connectivity index (χ4v) is 2.35. The molecule has 1 aromatic carbocycles. The molecule has 0 aliphatic carbocycles. The summed E-state index contributed by atoms with van der Waals surface area (Å²) in [6, 6.07) is 9.90. The average Bonchev–Trinajstić information content (AvgIpc) is 3.04. The number of hydrogen-bond acceptors (Lipinski definition) is 7. The van der Waals surface area contributed by atoms with Gasteiger partial charge >= 0.3 is 5.97 Å². The van der Waals surface area contributed by atoms with Crippen molar-refractivity contribution in [3.63, 3.8) is 0 Å². The van der Waals surface area contributed by atoms with Crippen LogP contribution in [0.2, 0.25) is 0 Å². The second-order valence-electron chi connectivity index (χ2n) is 5.12. The minimum atomic E-state index is -0.586. The van der Waals surface area contributed by atoms with Gasteiger partial charge in [0.25, 0.3) is 5.71 Å². The second-order valence-corrected chi connectivity index (χ2v) is 5.12. The Morgan fingerprint density at radius 2 is 2.00 bits per heavy atom. The van der Waals surface area contributed by atoms with Crippen LogP contribution < -0.4 is 5.32 Å². The number of aryl methyl sites for hydroxylation is 1. The van der Waals surface area contributed by atoms with Gasteiger partial charge in [0.05, 0.1) is 12.3 Å². The quantitative estimate of drug-likeness (QED) is 0.696. The molecule has 3 aromatic rings. The maximum absolute atomic E-state index is 12.0. The zero-order valence-corrected chi connectivity index (χ0v) is 13.6. The summed E-state index contributed by atoms with van der Waals surface area (Å²) in [5.41, 5.74) is 2.12. The molecule has 0 bridgehead atoms. The maximum atomic E-state index is 12.0. The van der Waals surface area contributed by atoms with Crippen molar-refractivity contribution in [2.24, 2.45) is 0 Å². The number of ether oxygens (including phenoxy) is 1. The van der Waals surface area contributed by atoms with E-state index in [1.807, 2.05) is 37.3 Å². The van der Waals surface area contributed by atoms with Gasteiger partial charge in [0.15, 0.2) is 0 Å². The van der Waals surface area contributed by atoms with E-state index in [9.17, 15) is 4.79 Å². The van der Waals surface area contributed by atoms with Crippen molar-refractivity contribution in [2.45, 2.75) is 26.8 Å². The molecule has 1 N–H and O–H groups in total. The molecule has 0 aliphatic rings. The predicted octanol–water partition coefficient (Wildman–Crippen LogP) is 2.97. The predicted molar refractivity (Wildman–Crippen MR) is 88.7 cm³/mol. The zero-order valence-electron chi connectivity index (χ0n) is 13.6. The van der Waals surface area contributed by atoms with Crippen LogP contribution in [0.15, 0.2) is 34.9 Å². The van der Waals surface area contributed by atoms with Crippen molar-refractivity contribution in [3.05, 3.63) is 47.4 Å². The highest BCUT2D eigenvalue weighted by Crippen LogP contribution is 2.25. The first-order valence-corrected chi connectivity index (χ1v) is 7.84. The molecular formula is C17H18N4O3. The van der Waals surface area contributed by atoms with E-state index in [2.05, 4.69) is 20.4 Å². The van der Waals surface area contributed by atoms with Gasteiger partial charge in [-0.15, -0.1) is 0 Å². The highest BCUT2D eigenvalue weighted by atomic mass is 16.5. The third-order valence-corrected chi connectivity index (χ3v) is 3.50. The number of anilines is 1. The highest BCUT2D eigenvalue weighted by Gasteiger charge is 2.20. The van der Waals surface area contributed by atoms with Crippen molar-refractivity contribution in [1.82, 2.24) is 15.1 Å². The molecule has 0 aliphatic heterocycles. The van der Waals surface area contributed by atoms with Crippen molar-refractivity contribution < 1.29 is 14.1 Å². The van der Waals surface area contributed by atoms with Crippen LogP contribution >= 0.6 is 0 Å². The molecule has 24 heavy (non-hydrogen) atoms. The Labute approximate surface area is 139 Å². The van der Waals surface area contributed by atoms with Gasteiger partial charge in [-0.3, -0.25) is 0 Å². The molecule has 0 amide bonds. The molecule has 7 heteroatoms. The number of esters is 1. The summed E-state index contributed by atoms with van der Waals surface area (Å²) in [7, 11) is 0. The summed E-state index contributed by atoms with van der Waals surface area (Å²) < 4.78 is 10.2. The van der Waals surface area contributed by atoms with Gasteiger partial charge in [0.2, 0.25) is 5.82 Å². The number of carbonyl (C=O) groups is 1. The number of rotatable bonds is 6. The molecule has 2 heterocycles. The topological polar surface area (TPSA) is 90.1 Å². The first-order chi connectivity index (χ1) is 11.7. The summed E-state index contributed by atoms with van der Waals surface area (Å²) in [5.74, 6) is -0.111. The normalized spacial score (nSPS) is 10.8. The molecule has 2 aromatic heterocycles. The molecule has 0 fully saturated rings. The highest BCUT2D eigenvalue weighted by molar-refractivity contribution is 5.93. The van der Waals surface area contributed by atoms with Crippen molar-refractivity contribution in [3.8, 4) is 0 Å². The Balaban J connectivity index is 1.98. The lowest BCUT2D eigenvalue weighted by atomic mass is 10.2.